The van der Waals surface area contributed by atoms with Crippen molar-refractivity contribution in [2.75, 3.05) is 5.32 Å². The van der Waals surface area contributed by atoms with Gasteiger partial charge in [0.25, 0.3) is 0 Å². The molecule has 27 heavy (non-hydrogen) atoms. The van der Waals surface area contributed by atoms with Crippen LogP contribution in [0.4, 0.5) is 5.69 Å². The summed E-state index contributed by atoms with van der Waals surface area (Å²) >= 11 is 6.20. The largest absolute Gasteiger partial charge is 0.481 e. The molecule has 0 saturated carbocycles. The number of nitrogens with one attached hydrogen (secondary N) is 1. The Morgan fingerprint density at radius 3 is 2.15 bits per heavy atom. The zero-order chi connectivity index (χ0) is 20.2. The van der Waals surface area contributed by atoms with Crippen LogP contribution in [-0.2, 0) is 4.79 Å². The zero-order valence-electron chi connectivity index (χ0n) is 16.9. The van der Waals surface area contributed by atoms with Crippen LogP contribution in [0.15, 0.2) is 54.2 Å². The van der Waals surface area contributed by atoms with Crippen LogP contribution in [0, 0.1) is 10.8 Å². The lowest BCUT2D eigenvalue weighted by Gasteiger charge is -2.46. The van der Waals surface area contributed by atoms with Crippen LogP contribution in [0.1, 0.15) is 41.5 Å². The SMILES string of the molecule is C=C[C@H]1Oc2ccc(Cl)cc2NC12C=C(C(C)(C)C)C(=O)C(C(C)(C)C)=C2. The standard InChI is InChI=1S/C23H28ClNO2/c1-8-19-23(25-17-11-14(24)9-10-18(17)27-19)12-15(21(2,3)4)20(26)16(13-23)22(5,6)7/h8-13,19,25H,1H2,2-7H3/t19-/m1/s1. The molecule has 0 amide bonds. The molecule has 1 heterocycles. The quantitative estimate of drug-likeness (QED) is 0.605. The van der Waals surface area contributed by atoms with E-state index in [-0.39, 0.29) is 22.7 Å². The maximum absolute atomic E-state index is 13.3. The highest BCUT2D eigenvalue weighted by molar-refractivity contribution is 6.31. The highest BCUT2D eigenvalue weighted by Crippen LogP contribution is 2.46. The van der Waals surface area contributed by atoms with Crippen LogP contribution in [0.2, 0.25) is 5.02 Å². The number of benzene rings is 1. The monoisotopic (exact) mass is 385 g/mol. The summed E-state index contributed by atoms with van der Waals surface area (Å²) < 4.78 is 6.25. The van der Waals surface area contributed by atoms with Crippen LogP contribution < -0.4 is 10.1 Å². The summed E-state index contributed by atoms with van der Waals surface area (Å²) in [4.78, 5) is 13.3. The first kappa shape index (κ1) is 19.8. The molecule has 4 heteroatoms. The van der Waals surface area contributed by atoms with E-state index in [1.54, 1.807) is 12.1 Å². The Balaban J connectivity index is 2.26. The van der Waals surface area contributed by atoms with Crippen LogP contribution in [-0.4, -0.2) is 17.4 Å². The Morgan fingerprint density at radius 1 is 1.11 bits per heavy atom. The van der Waals surface area contributed by atoms with E-state index in [2.05, 4.69) is 53.4 Å². The predicted octanol–water partition coefficient (Wildman–Crippen LogP) is 5.97. The van der Waals surface area contributed by atoms with E-state index in [0.29, 0.717) is 5.02 Å². The van der Waals surface area contributed by atoms with Gasteiger partial charge in [-0.2, -0.15) is 0 Å². The van der Waals surface area contributed by atoms with Crippen molar-refractivity contribution in [3.63, 3.8) is 0 Å². The van der Waals surface area contributed by atoms with Gasteiger partial charge in [0.05, 0.1) is 5.69 Å². The molecule has 0 unspecified atom stereocenters. The molecule has 1 spiro atoms. The summed E-state index contributed by atoms with van der Waals surface area (Å²) in [5.41, 5.74) is 1.09. The molecule has 144 valence electrons. The fourth-order valence-electron chi connectivity index (χ4n) is 3.63. The lowest BCUT2D eigenvalue weighted by molar-refractivity contribution is -0.114. The second kappa shape index (κ2) is 6.27. The van der Waals surface area contributed by atoms with Gasteiger partial charge in [0.2, 0.25) is 0 Å². The molecule has 1 atom stereocenters. The second-order valence-electron chi connectivity index (χ2n) is 9.42. The number of halogens is 1. The van der Waals surface area contributed by atoms with E-state index in [9.17, 15) is 4.79 Å². The smallest absolute Gasteiger partial charge is 0.185 e. The van der Waals surface area contributed by atoms with Crippen molar-refractivity contribution in [1.82, 2.24) is 0 Å². The third kappa shape index (κ3) is 3.45. The molecule has 0 fully saturated rings. The van der Waals surface area contributed by atoms with Gasteiger partial charge >= 0.3 is 0 Å². The summed E-state index contributed by atoms with van der Waals surface area (Å²) in [6, 6.07) is 5.51. The van der Waals surface area contributed by atoms with Gasteiger partial charge in [-0.3, -0.25) is 4.79 Å². The summed E-state index contributed by atoms with van der Waals surface area (Å²) in [5.74, 6) is 0.824. The fraction of sp³-hybridized carbons (Fsp3) is 0.435. The number of Topliss-reactive ketones (excluding diaryl/α,β-unsaturated/α-hetero) is 1. The number of carbonyl (C=O) groups is 1. The fourth-order valence-corrected chi connectivity index (χ4v) is 3.80. The number of hydrogen-bond acceptors (Lipinski definition) is 3. The molecule has 0 aromatic heterocycles. The first-order chi connectivity index (χ1) is 12.4. The second-order valence-corrected chi connectivity index (χ2v) is 9.85. The number of fused-ring (bicyclic) bond motifs is 1. The van der Waals surface area contributed by atoms with Crippen LogP contribution in [0.5, 0.6) is 5.75 Å². The van der Waals surface area contributed by atoms with Gasteiger partial charge in [-0.25, -0.2) is 0 Å². The Labute approximate surface area is 167 Å². The third-order valence-corrected chi connectivity index (χ3v) is 5.34. The van der Waals surface area contributed by atoms with E-state index in [1.807, 2.05) is 24.3 Å². The Morgan fingerprint density at radius 2 is 1.67 bits per heavy atom. The van der Waals surface area contributed by atoms with Gasteiger partial charge in [0.1, 0.15) is 17.4 Å². The van der Waals surface area contributed by atoms with Gasteiger partial charge in [0.15, 0.2) is 5.78 Å². The van der Waals surface area contributed by atoms with E-state index in [4.69, 9.17) is 16.3 Å². The van der Waals surface area contributed by atoms with Crippen molar-refractivity contribution in [2.24, 2.45) is 10.8 Å². The van der Waals surface area contributed by atoms with E-state index in [0.717, 1.165) is 22.6 Å². The number of ether oxygens (including phenoxy) is 1. The molecule has 1 aliphatic carbocycles. The Bertz CT molecular complexity index is 831. The lowest BCUT2D eigenvalue weighted by atomic mass is 9.67. The minimum absolute atomic E-state index is 0.0992. The number of hydrogen-bond donors (Lipinski definition) is 1. The minimum atomic E-state index is -0.696. The van der Waals surface area contributed by atoms with Crippen LogP contribution >= 0.6 is 11.6 Å². The van der Waals surface area contributed by atoms with E-state index in [1.165, 1.54) is 0 Å². The Hall–Kier alpha value is -2.00. The van der Waals surface area contributed by atoms with Crippen molar-refractivity contribution >= 4 is 23.1 Å². The summed E-state index contributed by atoms with van der Waals surface area (Å²) in [6.07, 6.45) is 5.46. The molecule has 0 bridgehead atoms. The van der Waals surface area contributed by atoms with Crippen molar-refractivity contribution in [2.45, 2.75) is 53.2 Å². The third-order valence-electron chi connectivity index (χ3n) is 5.10. The number of ketones is 1. The first-order valence-electron chi connectivity index (χ1n) is 9.26. The topological polar surface area (TPSA) is 38.3 Å². The van der Waals surface area contributed by atoms with Gasteiger partial charge in [-0.05, 0) is 47.3 Å². The van der Waals surface area contributed by atoms with Gasteiger partial charge in [0, 0.05) is 16.2 Å². The zero-order valence-corrected chi connectivity index (χ0v) is 17.7. The molecule has 1 N–H and O–H groups in total. The number of carbonyl (C=O) groups excluding carboxylic acids is 1. The highest BCUT2D eigenvalue weighted by Gasteiger charge is 2.47. The maximum Gasteiger partial charge on any atom is 0.185 e. The van der Waals surface area contributed by atoms with E-state index >= 15 is 0 Å². The van der Waals surface area contributed by atoms with Crippen molar-refractivity contribution in [1.29, 1.82) is 0 Å². The van der Waals surface area contributed by atoms with Gasteiger partial charge in [-0.15, -0.1) is 0 Å². The molecule has 3 rings (SSSR count). The number of allylic oxidation sites excluding steroid dienone is 2. The molecule has 1 aromatic rings. The van der Waals surface area contributed by atoms with Gasteiger partial charge in [-0.1, -0.05) is 59.7 Å². The highest BCUT2D eigenvalue weighted by atomic mass is 35.5. The van der Waals surface area contributed by atoms with Crippen LogP contribution in [0.3, 0.4) is 0 Å². The average Bonchev–Trinajstić information content (AvgIpc) is 2.54. The van der Waals surface area contributed by atoms with Gasteiger partial charge < -0.3 is 10.1 Å². The molecular formula is C23H28ClNO2. The summed E-state index contributed by atoms with van der Waals surface area (Å²) in [6.45, 7) is 16.4. The molecule has 0 radical (unpaired) electrons. The van der Waals surface area contributed by atoms with Crippen molar-refractivity contribution < 1.29 is 9.53 Å². The average molecular weight is 386 g/mol. The summed E-state index contributed by atoms with van der Waals surface area (Å²) in [7, 11) is 0. The molecular weight excluding hydrogens is 358 g/mol. The van der Waals surface area contributed by atoms with Crippen molar-refractivity contribution in [3.05, 3.63) is 59.2 Å². The van der Waals surface area contributed by atoms with Crippen molar-refractivity contribution in [3.8, 4) is 5.75 Å². The molecule has 1 aromatic carbocycles. The molecule has 0 saturated heterocycles. The number of anilines is 1. The normalized spacial score (nSPS) is 21.6. The maximum atomic E-state index is 13.3. The van der Waals surface area contributed by atoms with Crippen LogP contribution in [0.25, 0.3) is 0 Å². The summed E-state index contributed by atoms with van der Waals surface area (Å²) in [5, 5.41) is 4.22. The lowest BCUT2D eigenvalue weighted by Crippen LogP contribution is -2.54. The first-order valence-corrected chi connectivity index (χ1v) is 9.63. The molecule has 3 nitrogen and oxygen atoms in total. The molecule has 2 aliphatic rings. The van der Waals surface area contributed by atoms with E-state index < -0.39 is 5.54 Å². The number of rotatable bonds is 1. The predicted molar refractivity (Wildman–Crippen MR) is 113 cm³/mol. The Kier molecular flexibility index (Phi) is 4.59. The molecule has 1 aliphatic heterocycles. The minimum Gasteiger partial charge on any atom is -0.481 e.